The average molecular weight is 501 g/mol. The number of thioether (sulfide) groups is 1. The minimum Gasteiger partial charge on any atom is -0.376 e. The van der Waals surface area contributed by atoms with E-state index < -0.39 is 0 Å². The molecule has 3 saturated heterocycles. The Kier molecular flexibility index (Phi) is 6.49. The smallest absolute Gasteiger partial charge is 0.267 e. The molecule has 0 bridgehead atoms. The quantitative estimate of drug-likeness (QED) is 0.469. The summed E-state index contributed by atoms with van der Waals surface area (Å²) in [5, 5.41) is 0. The van der Waals surface area contributed by atoms with Gasteiger partial charge in [-0.2, -0.15) is 0 Å². The maximum atomic E-state index is 13.7. The van der Waals surface area contributed by atoms with Crippen molar-refractivity contribution in [3.05, 3.63) is 44.7 Å². The van der Waals surface area contributed by atoms with E-state index in [0.29, 0.717) is 52.5 Å². The topological polar surface area (TPSA) is 76.4 Å². The molecule has 3 unspecified atom stereocenters. The van der Waals surface area contributed by atoms with Gasteiger partial charge >= 0.3 is 0 Å². The summed E-state index contributed by atoms with van der Waals surface area (Å²) < 4.78 is 13.6. The molecule has 2 aromatic rings. The zero-order chi connectivity index (χ0) is 24.0. The van der Waals surface area contributed by atoms with E-state index in [0.717, 1.165) is 18.4 Å². The summed E-state index contributed by atoms with van der Waals surface area (Å²) in [5.41, 5.74) is 1.70. The summed E-state index contributed by atoms with van der Waals surface area (Å²) >= 11 is 6.73. The summed E-state index contributed by atoms with van der Waals surface area (Å²) in [6, 6.07) is 3.78. The second-order valence-electron chi connectivity index (χ2n) is 9.18. The van der Waals surface area contributed by atoms with Crippen molar-refractivity contribution in [1.29, 1.82) is 0 Å². The Hall–Kier alpha value is -2.27. The van der Waals surface area contributed by atoms with E-state index in [1.807, 2.05) is 32.9 Å². The number of nitrogens with zero attached hydrogens (tertiary/aromatic N) is 4. The van der Waals surface area contributed by atoms with Gasteiger partial charge in [-0.3, -0.25) is 18.9 Å². The van der Waals surface area contributed by atoms with Gasteiger partial charge in [0, 0.05) is 25.9 Å². The molecule has 0 N–H and O–H groups in total. The van der Waals surface area contributed by atoms with E-state index in [-0.39, 0.29) is 29.8 Å². The van der Waals surface area contributed by atoms with Crippen molar-refractivity contribution in [2.45, 2.75) is 51.9 Å². The number of rotatable bonds is 4. The van der Waals surface area contributed by atoms with Gasteiger partial charge in [-0.15, -0.1) is 0 Å². The lowest BCUT2D eigenvalue weighted by Gasteiger charge is -2.36. The van der Waals surface area contributed by atoms with E-state index in [9.17, 15) is 9.59 Å². The minimum absolute atomic E-state index is 0.000471. The van der Waals surface area contributed by atoms with E-state index in [1.54, 1.807) is 21.6 Å². The van der Waals surface area contributed by atoms with Crippen LogP contribution in [0, 0.1) is 6.92 Å². The molecule has 0 spiro atoms. The number of amides is 1. The van der Waals surface area contributed by atoms with E-state index in [2.05, 4.69) is 4.90 Å². The van der Waals surface area contributed by atoms with Crippen molar-refractivity contribution in [3.8, 4) is 0 Å². The van der Waals surface area contributed by atoms with Gasteiger partial charge in [-0.1, -0.05) is 30.0 Å². The Morgan fingerprint density at radius 3 is 2.71 bits per heavy atom. The maximum Gasteiger partial charge on any atom is 0.267 e. The van der Waals surface area contributed by atoms with E-state index in [1.165, 1.54) is 11.8 Å². The van der Waals surface area contributed by atoms with Crippen LogP contribution >= 0.6 is 24.0 Å². The van der Waals surface area contributed by atoms with Crippen LogP contribution in [0.5, 0.6) is 0 Å². The fourth-order valence-electron chi connectivity index (χ4n) is 4.75. The van der Waals surface area contributed by atoms with Gasteiger partial charge in [0.2, 0.25) is 0 Å². The number of pyridine rings is 1. The Bertz CT molecular complexity index is 1230. The summed E-state index contributed by atoms with van der Waals surface area (Å²) in [4.78, 5) is 35.9. The fourth-order valence-corrected chi connectivity index (χ4v) is 6.00. The zero-order valence-electron chi connectivity index (χ0n) is 19.5. The van der Waals surface area contributed by atoms with Crippen molar-refractivity contribution < 1.29 is 14.3 Å². The highest BCUT2D eigenvalue weighted by Crippen LogP contribution is 2.34. The monoisotopic (exact) mass is 500 g/mol. The average Bonchev–Trinajstić information content (AvgIpc) is 3.39. The molecule has 3 aliphatic heterocycles. The molecule has 3 atom stereocenters. The van der Waals surface area contributed by atoms with Gasteiger partial charge in [-0.05, 0) is 51.3 Å². The summed E-state index contributed by atoms with van der Waals surface area (Å²) in [7, 11) is 0. The first kappa shape index (κ1) is 23.5. The predicted molar refractivity (Wildman–Crippen MR) is 137 cm³/mol. The number of carbonyl (C=O) groups is 1. The van der Waals surface area contributed by atoms with Crippen LogP contribution in [-0.2, 0) is 14.3 Å². The first-order valence-electron chi connectivity index (χ1n) is 11.6. The number of carbonyl (C=O) groups excluding carboxylic acids is 1. The Morgan fingerprint density at radius 2 is 2.00 bits per heavy atom. The van der Waals surface area contributed by atoms with Crippen LogP contribution in [0.2, 0.25) is 0 Å². The lowest BCUT2D eigenvalue weighted by atomic mass is 10.1. The molecule has 0 saturated carbocycles. The molecule has 8 nitrogen and oxygen atoms in total. The molecule has 0 aliphatic carbocycles. The molecule has 2 aromatic heterocycles. The molecule has 180 valence electrons. The first-order valence-corrected chi connectivity index (χ1v) is 12.8. The Balaban J connectivity index is 1.58. The highest BCUT2D eigenvalue weighted by Gasteiger charge is 2.35. The normalized spacial score (nSPS) is 26.9. The number of anilines is 1. The molecule has 3 fully saturated rings. The second kappa shape index (κ2) is 9.41. The first-order chi connectivity index (χ1) is 16.3. The summed E-state index contributed by atoms with van der Waals surface area (Å²) in [6.45, 7) is 8.33. The number of morpholine rings is 1. The molecule has 5 rings (SSSR count). The highest BCUT2D eigenvalue weighted by atomic mass is 32.2. The van der Waals surface area contributed by atoms with Crippen LogP contribution in [-0.4, -0.2) is 69.1 Å². The molecule has 34 heavy (non-hydrogen) atoms. The third kappa shape index (κ3) is 4.51. The zero-order valence-corrected chi connectivity index (χ0v) is 21.2. The Labute approximate surface area is 207 Å². The van der Waals surface area contributed by atoms with E-state index in [4.69, 9.17) is 26.7 Å². The van der Waals surface area contributed by atoms with Crippen LogP contribution in [0.1, 0.15) is 37.8 Å². The molecular weight excluding hydrogens is 472 g/mol. The number of aromatic nitrogens is 2. The fraction of sp³-hybridized carbons (Fsp3) is 0.500. The van der Waals surface area contributed by atoms with Gasteiger partial charge in [-0.25, -0.2) is 4.98 Å². The van der Waals surface area contributed by atoms with Crippen molar-refractivity contribution in [2.75, 3.05) is 31.1 Å². The molecule has 1 amide bonds. The van der Waals surface area contributed by atoms with Crippen molar-refractivity contribution >= 4 is 51.7 Å². The number of hydrogen-bond acceptors (Lipinski definition) is 8. The molecule has 5 heterocycles. The third-order valence-corrected chi connectivity index (χ3v) is 7.64. The highest BCUT2D eigenvalue weighted by molar-refractivity contribution is 8.26. The van der Waals surface area contributed by atoms with Gasteiger partial charge in [0.05, 0.1) is 35.3 Å². The lowest BCUT2D eigenvalue weighted by Crippen LogP contribution is -2.46. The van der Waals surface area contributed by atoms with Crippen LogP contribution in [0.3, 0.4) is 0 Å². The molecular formula is C24H28N4O4S2. The number of fused-ring (bicyclic) bond motifs is 1. The van der Waals surface area contributed by atoms with Crippen LogP contribution in [0.15, 0.2) is 28.0 Å². The number of ether oxygens (including phenoxy) is 2. The van der Waals surface area contributed by atoms with Crippen molar-refractivity contribution in [3.63, 3.8) is 0 Å². The minimum atomic E-state index is -0.208. The molecule has 10 heteroatoms. The lowest BCUT2D eigenvalue weighted by molar-refractivity contribution is -0.123. The van der Waals surface area contributed by atoms with Gasteiger partial charge < -0.3 is 14.4 Å². The number of hydrogen-bond donors (Lipinski definition) is 0. The predicted octanol–water partition coefficient (Wildman–Crippen LogP) is 3.00. The molecule has 0 radical (unpaired) electrons. The van der Waals surface area contributed by atoms with Crippen LogP contribution < -0.4 is 10.5 Å². The third-order valence-electron chi connectivity index (χ3n) is 6.26. The van der Waals surface area contributed by atoms with Crippen molar-refractivity contribution in [1.82, 2.24) is 14.3 Å². The van der Waals surface area contributed by atoms with Gasteiger partial charge in [0.1, 0.15) is 15.8 Å². The summed E-state index contributed by atoms with van der Waals surface area (Å²) in [5.74, 6) is 0.383. The van der Waals surface area contributed by atoms with Crippen molar-refractivity contribution in [2.24, 2.45) is 0 Å². The SMILES string of the molecule is Cc1ccc2nc(N3CC(C)OC(C)C3)c(C=C3SC(=S)N(CC4CCCO4)C3=O)c(=O)n2c1. The Morgan fingerprint density at radius 1 is 1.24 bits per heavy atom. The maximum absolute atomic E-state index is 13.7. The number of aryl methyl sites for hydroxylation is 1. The van der Waals surface area contributed by atoms with Gasteiger partial charge in [0.15, 0.2) is 0 Å². The van der Waals surface area contributed by atoms with Gasteiger partial charge in [0.25, 0.3) is 11.5 Å². The second-order valence-corrected chi connectivity index (χ2v) is 10.9. The molecule has 0 aromatic carbocycles. The number of thiocarbonyl (C=S) groups is 1. The summed E-state index contributed by atoms with van der Waals surface area (Å²) in [6.07, 6.45) is 5.36. The molecule has 3 aliphatic rings. The van der Waals surface area contributed by atoms with Crippen LogP contribution in [0.25, 0.3) is 11.7 Å². The van der Waals surface area contributed by atoms with E-state index >= 15 is 0 Å². The largest absolute Gasteiger partial charge is 0.376 e. The standard InChI is InChI=1S/C24H28N4O4S2/c1-14-6-7-20-25-21(26-11-15(2)32-16(3)12-26)18(22(29)27(20)10-14)9-19-23(30)28(24(33)34-19)13-17-5-4-8-31-17/h6-7,9-10,15-17H,4-5,8,11-13H2,1-3H3. The van der Waals surface area contributed by atoms with Crippen LogP contribution in [0.4, 0.5) is 5.82 Å².